The fourth-order valence-electron chi connectivity index (χ4n) is 1.73. The minimum Gasteiger partial charge on any atom is -0.303 e. The van der Waals surface area contributed by atoms with Gasteiger partial charge in [0.1, 0.15) is 12.6 Å². The Labute approximate surface area is 53.2 Å². The summed E-state index contributed by atoms with van der Waals surface area (Å²) in [7, 11) is 0. The Morgan fingerprint density at radius 3 is 1.78 bits per heavy atom. The Bertz CT molecular complexity index is 154. The lowest BCUT2D eigenvalue weighted by Gasteiger charge is -1.78. The summed E-state index contributed by atoms with van der Waals surface area (Å²) in [5, 5.41) is 0. The van der Waals surface area contributed by atoms with Gasteiger partial charge in [-0.1, -0.05) is 0 Å². The SMILES string of the molecule is O=CC1CC12CC2C=O. The maximum Gasteiger partial charge on any atom is 0.123 e. The number of hydrogen-bond donors (Lipinski definition) is 0. The van der Waals surface area contributed by atoms with Gasteiger partial charge in [-0.3, -0.25) is 0 Å². The van der Waals surface area contributed by atoms with Gasteiger partial charge in [0.15, 0.2) is 0 Å². The van der Waals surface area contributed by atoms with Crippen molar-refractivity contribution in [3.63, 3.8) is 0 Å². The standard InChI is InChI=1S/C7H8O2/c8-3-5-1-7(5)2-6(7)4-9/h3-6H,1-2H2. The molecule has 9 heavy (non-hydrogen) atoms. The zero-order chi connectivity index (χ0) is 6.48. The molecule has 2 fully saturated rings. The van der Waals surface area contributed by atoms with Gasteiger partial charge in [-0.2, -0.15) is 0 Å². The first-order chi connectivity index (χ1) is 4.33. The molecule has 0 radical (unpaired) electrons. The normalized spacial score (nSPS) is 52.9. The van der Waals surface area contributed by atoms with E-state index in [0.29, 0.717) is 0 Å². The van der Waals surface area contributed by atoms with Crippen LogP contribution in [0.4, 0.5) is 0 Å². The summed E-state index contributed by atoms with van der Waals surface area (Å²) < 4.78 is 0. The number of aldehydes is 2. The summed E-state index contributed by atoms with van der Waals surface area (Å²) in [6.07, 6.45) is 3.92. The van der Waals surface area contributed by atoms with Gasteiger partial charge in [0.2, 0.25) is 0 Å². The molecule has 0 N–H and O–H groups in total. The van der Waals surface area contributed by atoms with Crippen LogP contribution in [0, 0.1) is 17.3 Å². The number of carbonyl (C=O) groups is 2. The predicted octanol–water partition coefficient (Wildman–Crippen LogP) is 0.410. The second-order valence-electron chi connectivity index (χ2n) is 3.13. The van der Waals surface area contributed by atoms with Crippen LogP contribution in [0.2, 0.25) is 0 Å². The lowest BCUT2D eigenvalue weighted by molar-refractivity contribution is -0.109. The Kier molecular flexibility index (Phi) is 0.718. The zero-order valence-corrected chi connectivity index (χ0v) is 5.04. The lowest BCUT2D eigenvalue weighted by atomic mass is 10.3. The van der Waals surface area contributed by atoms with Gasteiger partial charge in [0.05, 0.1) is 0 Å². The van der Waals surface area contributed by atoms with Crippen LogP contribution in [0.25, 0.3) is 0 Å². The highest BCUT2D eigenvalue weighted by Crippen LogP contribution is 2.72. The molecule has 2 rings (SSSR count). The molecule has 1 spiro atoms. The molecule has 0 aromatic carbocycles. The highest BCUT2D eigenvalue weighted by atomic mass is 16.1. The molecule has 0 aromatic heterocycles. The van der Waals surface area contributed by atoms with E-state index < -0.39 is 0 Å². The largest absolute Gasteiger partial charge is 0.303 e. The highest BCUT2D eigenvalue weighted by Gasteiger charge is 2.70. The summed E-state index contributed by atoms with van der Waals surface area (Å²) in [4.78, 5) is 20.3. The van der Waals surface area contributed by atoms with Gasteiger partial charge in [0.25, 0.3) is 0 Å². The Morgan fingerprint density at radius 2 is 1.56 bits per heavy atom. The first kappa shape index (κ1) is 5.15. The minimum atomic E-state index is 0.198. The van der Waals surface area contributed by atoms with Crippen LogP contribution in [0.1, 0.15) is 12.8 Å². The van der Waals surface area contributed by atoms with E-state index in [0.717, 1.165) is 25.4 Å². The Balaban J connectivity index is 2.04. The summed E-state index contributed by atoms with van der Waals surface area (Å²) in [6.45, 7) is 0. The molecule has 2 saturated carbocycles. The fraction of sp³-hybridized carbons (Fsp3) is 0.714. The number of carbonyl (C=O) groups excluding carboxylic acids is 2. The van der Waals surface area contributed by atoms with Crippen LogP contribution in [0.5, 0.6) is 0 Å². The van der Waals surface area contributed by atoms with Gasteiger partial charge in [-0.15, -0.1) is 0 Å². The summed E-state index contributed by atoms with van der Waals surface area (Å²) in [5.74, 6) is 0.459. The van der Waals surface area contributed by atoms with Crippen LogP contribution in [0.15, 0.2) is 0 Å². The molecule has 2 atom stereocenters. The maximum atomic E-state index is 10.2. The summed E-state index contributed by atoms with van der Waals surface area (Å²) >= 11 is 0. The molecule has 2 aliphatic rings. The van der Waals surface area contributed by atoms with Crippen molar-refractivity contribution in [1.29, 1.82) is 0 Å². The smallest absolute Gasteiger partial charge is 0.123 e. The zero-order valence-electron chi connectivity index (χ0n) is 5.04. The van der Waals surface area contributed by atoms with Gasteiger partial charge in [0, 0.05) is 11.8 Å². The summed E-state index contributed by atoms with van der Waals surface area (Å²) in [6, 6.07) is 0. The van der Waals surface area contributed by atoms with Gasteiger partial charge in [-0.05, 0) is 18.3 Å². The average Bonchev–Trinajstić information content (AvgIpc) is 2.74. The van der Waals surface area contributed by atoms with Crippen molar-refractivity contribution >= 4 is 12.6 Å². The highest BCUT2D eigenvalue weighted by molar-refractivity contribution is 5.70. The van der Waals surface area contributed by atoms with Gasteiger partial charge >= 0.3 is 0 Å². The molecular weight excluding hydrogens is 116 g/mol. The van der Waals surface area contributed by atoms with Crippen molar-refractivity contribution in [3.05, 3.63) is 0 Å². The van der Waals surface area contributed by atoms with Crippen molar-refractivity contribution in [2.75, 3.05) is 0 Å². The topological polar surface area (TPSA) is 34.1 Å². The third-order valence-corrected chi connectivity index (χ3v) is 2.69. The summed E-state index contributed by atoms with van der Waals surface area (Å²) in [5.41, 5.74) is 0.198. The van der Waals surface area contributed by atoms with Crippen molar-refractivity contribution in [3.8, 4) is 0 Å². The van der Waals surface area contributed by atoms with E-state index in [4.69, 9.17) is 0 Å². The van der Waals surface area contributed by atoms with Crippen LogP contribution >= 0.6 is 0 Å². The van der Waals surface area contributed by atoms with Crippen LogP contribution < -0.4 is 0 Å². The average molecular weight is 124 g/mol. The quantitative estimate of drug-likeness (QED) is 0.499. The first-order valence-electron chi connectivity index (χ1n) is 3.24. The second-order valence-corrected chi connectivity index (χ2v) is 3.13. The van der Waals surface area contributed by atoms with E-state index in [9.17, 15) is 9.59 Å². The molecule has 2 nitrogen and oxygen atoms in total. The Morgan fingerprint density at radius 1 is 1.11 bits per heavy atom. The molecule has 2 heteroatoms. The van der Waals surface area contributed by atoms with Gasteiger partial charge < -0.3 is 9.59 Å². The number of rotatable bonds is 2. The monoisotopic (exact) mass is 124 g/mol. The minimum absolute atomic E-state index is 0.198. The molecule has 2 aliphatic carbocycles. The van der Waals surface area contributed by atoms with Crippen molar-refractivity contribution in [2.45, 2.75) is 12.8 Å². The molecule has 0 amide bonds. The first-order valence-corrected chi connectivity index (χ1v) is 3.24. The molecule has 0 saturated heterocycles. The molecule has 0 heterocycles. The maximum absolute atomic E-state index is 10.2. The molecule has 48 valence electrons. The van der Waals surface area contributed by atoms with E-state index in [-0.39, 0.29) is 17.3 Å². The molecule has 0 aliphatic heterocycles. The van der Waals surface area contributed by atoms with Crippen LogP contribution in [0.3, 0.4) is 0 Å². The van der Waals surface area contributed by atoms with E-state index in [2.05, 4.69) is 0 Å². The third kappa shape index (κ3) is 0.460. The molecule has 0 bridgehead atoms. The van der Waals surface area contributed by atoms with Crippen molar-refractivity contribution in [1.82, 2.24) is 0 Å². The molecule has 2 unspecified atom stereocenters. The van der Waals surface area contributed by atoms with Crippen molar-refractivity contribution in [2.24, 2.45) is 17.3 Å². The van der Waals surface area contributed by atoms with Crippen LogP contribution in [-0.4, -0.2) is 12.6 Å². The predicted molar refractivity (Wildman–Crippen MR) is 30.8 cm³/mol. The van der Waals surface area contributed by atoms with Crippen molar-refractivity contribution < 1.29 is 9.59 Å². The van der Waals surface area contributed by atoms with Gasteiger partial charge in [-0.25, -0.2) is 0 Å². The molecular formula is C7H8O2. The second kappa shape index (κ2) is 1.25. The fourth-order valence-corrected chi connectivity index (χ4v) is 1.73. The van der Waals surface area contributed by atoms with E-state index in [1.165, 1.54) is 0 Å². The van der Waals surface area contributed by atoms with Crippen LogP contribution in [-0.2, 0) is 9.59 Å². The number of hydrogen-bond acceptors (Lipinski definition) is 2. The van der Waals surface area contributed by atoms with E-state index in [1.807, 2.05) is 0 Å². The molecule has 0 aromatic rings. The third-order valence-electron chi connectivity index (χ3n) is 2.69. The van der Waals surface area contributed by atoms with E-state index in [1.54, 1.807) is 0 Å². The Hall–Kier alpha value is -0.660. The lowest BCUT2D eigenvalue weighted by Crippen LogP contribution is -1.86. The van der Waals surface area contributed by atoms with E-state index >= 15 is 0 Å².